The van der Waals surface area contributed by atoms with Gasteiger partial charge in [0.15, 0.2) is 16.4 Å². The third kappa shape index (κ3) is 5.06. The molecule has 0 aliphatic rings. The maximum Gasteiger partial charge on any atom is 0.258 e. The van der Waals surface area contributed by atoms with E-state index < -0.39 is 9.84 Å². The molecule has 0 radical (unpaired) electrons. The van der Waals surface area contributed by atoms with Gasteiger partial charge in [-0.05, 0) is 55.7 Å². The zero-order valence-corrected chi connectivity index (χ0v) is 15.7. The minimum Gasteiger partial charge on any atom is -0.483 e. The van der Waals surface area contributed by atoms with Crippen molar-refractivity contribution in [2.24, 2.45) is 0 Å². The Morgan fingerprint density at radius 2 is 1.76 bits per heavy atom. The van der Waals surface area contributed by atoms with Crippen LogP contribution in [-0.4, -0.2) is 27.2 Å². The number of carbonyl (C=O) groups is 1. The van der Waals surface area contributed by atoms with E-state index in [-0.39, 0.29) is 23.5 Å². The van der Waals surface area contributed by atoms with Crippen molar-refractivity contribution < 1.29 is 17.9 Å². The third-order valence-corrected chi connectivity index (χ3v) is 5.23. The highest BCUT2D eigenvalue weighted by Gasteiger charge is 2.13. The van der Waals surface area contributed by atoms with Crippen molar-refractivity contribution in [2.75, 3.05) is 12.9 Å². The number of amides is 1. The van der Waals surface area contributed by atoms with E-state index in [0.29, 0.717) is 5.75 Å². The van der Waals surface area contributed by atoms with Gasteiger partial charge < -0.3 is 10.1 Å². The molecule has 0 fully saturated rings. The second kappa shape index (κ2) is 7.70. The van der Waals surface area contributed by atoms with Crippen LogP contribution in [0.3, 0.4) is 0 Å². The lowest BCUT2D eigenvalue weighted by molar-refractivity contribution is -0.123. The molecular weight excluding hydrogens is 338 g/mol. The van der Waals surface area contributed by atoms with E-state index in [9.17, 15) is 13.2 Å². The van der Waals surface area contributed by atoms with E-state index in [1.165, 1.54) is 0 Å². The fourth-order valence-corrected chi connectivity index (χ4v) is 3.02. The lowest BCUT2D eigenvalue weighted by Gasteiger charge is -2.16. The average Bonchev–Trinajstić information content (AvgIpc) is 2.55. The molecule has 2 rings (SSSR count). The van der Waals surface area contributed by atoms with E-state index in [4.69, 9.17) is 4.74 Å². The van der Waals surface area contributed by atoms with Crippen LogP contribution < -0.4 is 10.1 Å². The van der Waals surface area contributed by atoms with Crippen LogP contribution >= 0.6 is 0 Å². The number of rotatable bonds is 6. The molecule has 134 valence electrons. The normalized spacial score (nSPS) is 12.5. The topological polar surface area (TPSA) is 72.5 Å². The molecule has 0 spiro atoms. The van der Waals surface area contributed by atoms with Gasteiger partial charge in [-0.15, -0.1) is 0 Å². The van der Waals surface area contributed by atoms with Crippen molar-refractivity contribution in [3.05, 3.63) is 59.2 Å². The Balaban J connectivity index is 1.95. The summed E-state index contributed by atoms with van der Waals surface area (Å²) in [5, 5.41) is 2.85. The molecule has 1 N–H and O–H groups in total. The molecular formula is C19H23NO4S. The number of benzene rings is 2. The first kappa shape index (κ1) is 19.0. The first-order valence-corrected chi connectivity index (χ1v) is 9.86. The first-order valence-electron chi connectivity index (χ1n) is 7.97. The maximum absolute atomic E-state index is 12.1. The monoisotopic (exact) mass is 361 g/mol. The van der Waals surface area contributed by atoms with Crippen molar-refractivity contribution in [2.45, 2.75) is 31.7 Å². The van der Waals surface area contributed by atoms with Gasteiger partial charge in [0.2, 0.25) is 0 Å². The minimum atomic E-state index is -3.22. The molecule has 0 saturated heterocycles. The van der Waals surface area contributed by atoms with Gasteiger partial charge >= 0.3 is 0 Å². The molecule has 0 saturated carbocycles. The van der Waals surface area contributed by atoms with Crippen LogP contribution in [0.1, 0.15) is 29.7 Å². The van der Waals surface area contributed by atoms with Gasteiger partial charge in [-0.3, -0.25) is 4.79 Å². The molecule has 2 aromatic rings. The smallest absolute Gasteiger partial charge is 0.258 e. The van der Waals surface area contributed by atoms with Gasteiger partial charge in [0.25, 0.3) is 5.91 Å². The van der Waals surface area contributed by atoms with Gasteiger partial charge in [-0.2, -0.15) is 0 Å². The Morgan fingerprint density at radius 1 is 1.12 bits per heavy atom. The zero-order chi connectivity index (χ0) is 18.6. The Bertz CT molecular complexity index is 857. The zero-order valence-electron chi connectivity index (χ0n) is 14.9. The summed E-state index contributed by atoms with van der Waals surface area (Å²) in [6, 6.07) is 12.0. The largest absolute Gasteiger partial charge is 0.483 e. The number of aryl methyl sites for hydroxylation is 1. The van der Waals surface area contributed by atoms with E-state index >= 15 is 0 Å². The molecule has 5 nitrogen and oxygen atoms in total. The quantitative estimate of drug-likeness (QED) is 0.858. The standard InChI is InChI=1S/C19H23NO4S/c1-13-6-5-7-18(14(13)2)24-12-19(21)20-15(3)16-8-10-17(11-9-16)25(4,22)23/h5-11,15H,12H2,1-4H3,(H,20,21)/t15-/m0/s1. The van der Waals surface area contributed by atoms with Crippen LogP contribution in [0, 0.1) is 13.8 Å². The Labute approximate surface area is 148 Å². The van der Waals surface area contributed by atoms with Crippen molar-refractivity contribution in [3.63, 3.8) is 0 Å². The van der Waals surface area contributed by atoms with E-state index in [2.05, 4.69) is 5.32 Å². The van der Waals surface area contributed by atoms with Crippen molar-refractivity contribution in [1.29, 1.82) is 0 Å². The molecule has 0 unspecified atom stereocenters. The highest BCUT2D eigenvalue weighted by Crippen LogP contribution is 2.20. The summed E-state index contributed by atoms with van der Waals surface area (Å²) in [7, 11) is -3.22. The van der Waals surface area contributed by atoms with Crippen LogP contribution in [-0.2, 0) is 14.6 Å². The summed E-state index contributed by atoms with van der Waals surface area (Å²) in [4.78, 5) is 12.3. The molecule has 0 aromatic heterocycles. The van der Waals surface area contributed by atoms with Crippen molar-refractivity contribution in [1.82, 2.24) is 5.32 Å². The predicted molar refractivity (Wildman–Crippen MR) is 97.5 cm³/mol. The SMILES string of the molecule is Cc1cccc(OCC(=O)N[C@@H](C)c2ccc(S(C)(=O)=O)cc2)c1C. The second-order valence-electron chi connectivity index (χ2n) is 6.12. The Morgan fingerprint density at radius 3 is 2.36 bits per heavy atom. The molecule has 1 amide bonds. The molecule has 0 aliphatic heterocycles. The van der Waals surface area contributed by atoms with Gasteiger partial charge in [0, 0.05) is 6.26 Å². The summed E-state index contributed by atoms with van der Waals surface area (Å²) >= 11 is 0. The maximum atomic E-state index is 12.1. The lowest BCUT2D eigenvalue weighted by atomic mass is 10.1. The lowest BCUT2D eigenvalue weighted by Crippen LogP contribution is -2.31. The van der Waals surface area contributed by atoms with Gasteiger partial charge in [0.1, 0.15) is 5.75 Å². The number of ether oxygens (including phenoxy) is 1. The molecule has 0 heterocycles. The van der Waals surface area contributed by atoms with Crippen LogP contribution in [0.2, 0.25) is 0 Å². The summed E-state index contributed by atoms with van der Waals surface area (Å²) in [6.07, 6.45) is 1.16. The minimum absolute atomic E-state index is 0.0734. The van der Waals surface area contributed by atoms with Crippen molar-refractivity contribution in [3.8, 4) is 5.75 Å². The van der Waals surface area contributed by atoms with E-state index in [0.717, 1.165) is 22.9 Å². The molecule has 25 heavy (non-hydrogen) atoms. The Kier molecular flexibility index (Phi) is 5.85. The average molecular weight is 361 g/mol. The highest BCUT2D eigenvalue weighted by atomic mass is 32.2. The van der Waals surface area contributed by atoms with Gasteiger partial charge in [0.05, 0.1) is 10.9 Å². The van der Waals surface area contributed by atoms with Crippen molar-refractivity contribution >= 4 is 15.7 Å². The fraction of sp³-hybridized carbons (Fsp3) is 0.316. The second-order valence-corrected chi connectivity index (χ2v) is 8.13. The summed E-state index contributed by atoms with van der Waals surface area (Å²) in [5.74, 6) is 0.459. The number of nitrogens with one attached hydrogen (secondary N) is 1. The number of hydrogen-bond donors (Lipinski definition) is 1. The summed E-state index contributed by atoms with van der Waals surface area (Å²) in [6.45, 7) is 5.71. The van der Waals surface area contributed by atoms with Gasteiger partial charge in [-0.1, -0.05) is 24.3 Å². The van der Waals surface area contributed by atoms with Crippen LogP contribution in [0.4, 0.5) is 0 Å². The summed E-state index contributed by atoms with van der Waals surface area (Å²) in [5.41, 5.74) is 2.95. The summed E-state index contributed by atoms with van der Waals surface area (Å²) < 4.78 is 28.5. The number of hydrogen-bond acceptors (Lipinski definition) is 4. The van der Waals surface area contributed by atoms with Crippen LogP contribution in [0.5, 0.6) is 5.75 Å². The van der Waals surface area contributed by atoms with Crippen LogP contribution in [0.15, 0.2) is 47.4 Å². The molecule has 0 aliphatic carbocycles. The van der Waals surface area contributed by atoms with Gasteiger partial charge in [-0.25, -0.2) is 8.42 Å². The third-order valence-electron chi connectivity index (χ3n) is 4.10. The molecule has 2 aromatic carbocycles. The van der Waals surface area contributed by atoms with E-state index in [1.807, 2.05) is 39.0 Å². The molecule has 0 bridgehead atoms. The van der Waals surface area contributed by atoms with Crippen LogP contribution in [0.25, 0.3) is 0 Å². The number of sulfone groups is 1. The predicted octanol–water partition coefficient (Wildman–Crippen LogP) is 2.96. The Hall–Kier alpha value is -2.34. The van der Waals surface area contributed by atoms with E-state index in [1.54, 1.807) is 24.3 Å². The molecule has 6 heteroatoms. The highest BCUT2D eigenvalue weighted by molar-refractivity contribution is 7.90. The first-order chi connectivity index (χ1) is 11.7. The molecule has 1 atom stereocenters. The number of carbonyl (C=O) groups excluding carboxylic acids is 1. The fourth-order valence-electron chi connectivity index (χ4n) is 2.39.